The molecular formula is C12H20N4O2. The second kappa shape index (κ2) is 5.97. The molecule has 6 heteroatoms. The van der Waals surface area contributed by atoms with Crippen LogP contribution in [0.1, 0.15) is 18.7 Å². The van der Waals surface area contributed by atoms with Gasteiger partial charge < -0.3 is 20.5 Å². The number of hydrogen-bond donors (Lipinski definition) is 2. The van der Waals surface area contributed by atoms with Gasteiger partial charge >= 0.3 is 0 Å². The first-order valence-electron chi connectivity index (χ1n) is 6.27. The minimum absolute atomic E-state index is 0.0852. The molecule has 1 aromatic rings. The molecule has 100 valence electrons. The van der Waals surface area contributed by atoms with Gasteiger partial charge in [0.15, 0.2) is 0 Å². The Balaban J connectivity index is 1.92. The molecule has 0 bridgehead atoms. The first-order chi connectivity index (χ1) is 8.69. The number of nitrogens with zero attached hydrogens (tertiary/aromatic N) is 3. The van der Waals surface area contributed by atoms with E-state index < -0.39 is 0 Å². The van der Waals surface area contributed by atoms with Crippen LogP contribution in [-0.2, 0) is 4.74 Å². The number of ether oxygens (including phenoxy) is 1. The molecule has 1 aliphatic rings. The van der Waals surface area contributed by atoms with Crippen molar-refractivity contribution in [2.24, 2.45) is 0 Å². The fraction of sp³-hybridized carbons (Fsp3) is 0.667. The van der Waals surface area contributed by atoms with E-state index in [9.17, 15) is 0 Å². The Hall–Kier alpha value is -1.40. The lowest BCUT2D eigenvalue weighted by atomic mass is 10.1. The maximum atomic E-state index is 8.72. The molecule has 0 aromatic carbocycles. The number of aliphatic hydroxyl groups is 1. The minimum atomic E-state index is 0.0852. The summed E-state index contributed by atoms with van der Waals surface area (Å²) < 4.78 is 5.53. The zero-order chi connectivity index (χ0) is 13.0. The van der Waals surface area contributed by atoms with Crippen molar-refractivity contribution in [1.82, 2.24) is 9.97 Å². The molecule has 0 radical (unpaired) electrons. The third-order valence-corrected chi connectivity index (χ3v) is 3.06. The van der Waals surface area contributed by atoms with E-state index in [1.807, 2.05) is 13.0 Å². The summed E-state index contributed by atoms with van der Waals surface area (Å²) in [7, 11) is 0. The quantitative estimate of drug-likeness (QED) is 0.804. The van der Waals surface area contributed by atoms with Crippen molar-refractivity contribution in [3.8, 4) is 0 Å². The molecule has 0 aliphatic carbocycles. The number of rotatable bonds is 4. The Labute approximate surface area is 107 Å². The summed E-state index contributed by atoms with van der Waals surface area (Å²) in [5, 5.41) is 8.72. The number of aromatic nitrogens is 2. The number of hydrogen-bond acceptors (Lipinski definition) is 6. The summed E-state index contributed by atoms with van der Waals surface area (Å²) in [5.41, 5.74) is 5.73. The summed E-state index contributed by atoms with van der Waals surface area (Å²) in [6.45, 7) is 4.14. The third kappa shape index (κ3) is 3.30. The van der Waals surface area contributed by atoms with Crippen LogP contribution in [0.4, 0.5) is 11.6 Å². The van der Waals surface area contributed by atoms with Crippen LogP contribution in [0.25, 0.3) is 0 Å². The van der Waals surface area contributed by atoms with E-state index in [-0.39, 0.29) is 12.7 Å². The largest absolute Gasteiger partial charge is 0.394 e. The lowest BCUT2D eigenvalue weighted by Crippen LogP contribution is -2.38. The highest BCUT2D eigenvalue weighted by Crippen LogP contribution is 2.20. The zero-order valence-corrected chi connectivity index (χ0v) is 10.7. The number of aliphatic hydroxyl groups excluding tert-OH is 1. The molecule has 0 amide bonds. The summed E-state index contributed by atoms with van der Waals surface area (Å²) >= 11 is 0. The van der Waals surface area contributed by atoms with Crippen molar-refractivity contribution in [3.63, 3.8) is 0 Å². The molecule has 0 unspecified atom stereocenters. The van der Waals surface area contributed by atoms with E-state index >= 15 is 0 Å². The molecule has 2 rings (SSSR count). The van der Waals surface area contributed by atoms with Crippen molar-refractivity contribution in [2.75, 3.05) is 36.9 Å². The van der Waals surface area contributed by atoms with Crippen LogP contribution in [0.15, 0.2) is 6.07 Å². The normalized spacial score (nSPS) is 17.1. The molecule has 0 atom stereocenters. The first-order valence-corrected chi connectivity index (χ1v) is 6.27. The van der Waals surface area contributed by atoms with Gasteiger partial charge in [0.25, 0.3) is 0 Å². The summed E-state index contributed by atoms with van der Waals surface area (Å²) in [4.78, 5) is 10.7. The standard InChI is InChI=1S/C12H20N4O2/c1-9-14-11(13)8-12(15-9)16-4-2-10(3-5-16)18-7-6-17/h8,10,17H,2-7H2,1H3,(H2,13,14,15). The Kier molecular flexibility index (Phi) is 4.33. The van der Waals surface area contributed by atoms with Crippen LogP contribution in [0.3, 0.4) is 0 Å². The van der Waals surface area contributed by atoms with Crippen LogP contribution in [-0.4, -0.2) is 47.5 Å². The SMILES string of the molecule is Cc1nc(N)cc(N2CCC(OCCO)CC2)n1. The zero-order valence-electron chi connectivity index (χ0n) is 10.7. The number of nitrogens with two attached hydrogens (primary N) is 1. The van der Waals surface area contributed by atoms with Gasteiger partial charge in [-0.05, 0) is 19.8 Å². The van der Waals surface area contributed by atoms with Crippen LogP contribution in [0.5, 0.6) is 0 Å². The minimum Gasteiger partial charge on any atom is -0.394 e. The molecule has 3 N–H and O–H groups in total. The second-order valence-corrected chi connectivity index (χ2v) is 4.48. The van der Waals surface area contributed by atoms with E-state index in [1.165, 1.54) is 0 Å². The second-order valence-electron chi connectivity index (χ2n) is 4.48. The molecule has 18 heavy (non-hydrogen) atoms. The highest BCUT2D eigenvalue weighted by molar-refractivity contribution is 5.47. The lowest BCUT2D eigenvalue weighted by Gasteiger charge is -2.32. The number of anilines is 2. The third-order valence-electron chi connectivity index (χ3n) is 3.06. The lowest BCUT2D eigenvalue weighted by molar-refractivity contribution is 0.0158. The summed E-state index contributed by atoms with van der Waals surface area (Å²) in [5.74, 6) is 2.10. The van der Waals surface area contributed by atoms with Crippen molar-refractivity contribution in [1.29, 1.82) is 0 Å². The predicted molar refractivity (Wildman–Crippen MR) is 69.5 cm³/mol. The van der Waals surface area contributed by atoms with Gasteiger partial charge in [-0.15, -0.1) is 0 Å². The Morgan fingerprint density at radius 1 is 1.44 bits per heavy atom. The molecule has 0 spiro atoms. The molecular weight excluding hydrogens is 232 g/mol. The fourth-order valence-corrected chi connectivity index (χ4v) is 2.21. The highest BCUT2D eigenvalue weighted by Gasteiger charge is 2.20. The molecule has 1 saturated heterocycles. The molecule has 6 nitrogen and oxygen atoms in total. The van der Waals surface area contributed by atoms with Crippen molar-refractivity contribution >= 4 is 11.6 Å². The smallest absolute Gasteiger partial charge is 0.134 e. The van der Waals surface area contributed by atoms with Gasteiger partial charge in [-0.2, -0.15) is 0 Å². The average molecular weight is 252 g/mol. The van der Waals surface area contributed by atoms with Crippen LogP contribution >= 0.6 is 0 Å². The van der Waals surface area contributed by atoms with E-state index in [2.05, 4.69) is 14.9 Å². The van der Waals surface area contributed by atoms with Gasteiger partial charge in [0.1, 0.15) is 17.5 Å². The Morgan fingerprint density at radius 3 is 2.78 bits per heavy atom. The van der Waals surface area contributed by atoms with E-state index in [0.29, 0.717) is 18.2 Å². The topological polar surface area (TPSA) is 84.5 Å². The molecule has 1 aliphatic heterocycles. The Morgan fingerprint density at radius 2 is 2.17 bits per heavy atom. The van der Waals surface area contributed by atoms with E-state index in [0.717, 1.165) is 31.7 Å². The maximum Gasteiger partial charge on any atom is 0.134 e. The van der Waals surface area contributed by atoms with Gasteiger partial charge in [0.05, 0.1) is 19.3 Å². The van der Waals surface area contributed by atoms with Gasteiger partial charge in [0, 0.05) is 19.2 Å². The molecule has 0 saturated carbocycles. The van der Waals surface area contributed by atoms with Crippen molar-refractivity contribution < 1.29 is 9.84 Å². The van der Waals surface area contributed by atoms with Gasteiger partial charge in [0.2, 0.25) is 0 Å². The van der Waals surface area contributed by atoms with Crippen LogP contribution < -0.4 is 10.6 Å². The van der Waals surface area contributed by atoms with Gasteiger partial charge in [-0.1, -0.05) is 0 Å². The monoisotopic (exact) mass is 252 g/mol. The van der Waals surface area contributed by atoms with Crippen LogP contribution in [0.2, 0.25) is 0 Å². The molecule has 2 heterocycles. The fourth-order valence-electron chi connectivity index (χ4n) is 2.21. The molecule has 1 aromatic heterocycles. The highest BCUT2D eigenvalue weighted by atomic mass is 16.5. The van der Waals surface area contributed by atoms with Gasteiger partial charge in [-0.3, -0.25) is 0 Å². The molecule has 1 fully saturated rings. The average Bonchev–Trinajstić information content (AvgIpc) is 2.36. The van der Waals surface area contributed by atoms with Crippen molar-refractivity contribution in [3.05, 3.63) is 11.9 Å². The first kappa shape index (κ1) is 13.0. The van der Waals surface area contributed by atoms with Crippen molar-refractivity contribution in [2.45, 2.75) is 25.9 Å². The van der Waals surface area contributed by atoms with Gasteiger partial charge in [-0.25, -0.2) is 9.97 Å². The van der Waals surface area contributed by atoms with E-state index in [4.69, 9.17) is 15.6 Å². The summed E-state index contributed by atoms with van der Waals surface area (Å²) in [6.07, 6.45) is 2.14. The Bertz CT molecular complexity index is 371. The van der Waals surface area contributed by atoms with E-state index in [1.54, 1.807) is 0 Å². The predicted octanol–water partition coefficient (Wildman–Crippen LogP) is 0.345. The van der Waals surface area contributed by atoms with Crippen LogP contribution in [0, 0.1) is 6.92 Å². The number of aryl methyl sites for hydroxylation is 1. The number of nitrogen functional groups attached to an aromatic ring is 1. The number of piperidine rings is 1. The summed E-state index contributed by atoms with van der Waals surface area (Å²) in [6, 6.07) is 1.81. The maximum absolute atomic E-state index is 8.72.